The molecule has 1 saturated heterocycles. The van der Waals surface area contributed by atoms with E-state index in [0.717, 1.165) is 36.8 Å². The van der Waals surface area contributed by atoms with E-state index in [1.165, 1.54) is 12.8 Å². The Hall–Kier alpha value is -1.29. The number of rotatable bonds is 3. The van der Waals surface area contributed by atoms with Gasteiger partial charge in [0.2, 0.25) is 0 Å². The highest BCUT2D eigenvalue weighted by Crippen LogP contribution is 2.31. The molecule has 1 aliphatic heterocycles. The van der Waals surface area contributed by atoms with E-state index < -0.39 is 0 Å². The maximum atomic E-state index is 5.77. The summed E-state index contributed by atoms with van der Waals surface area (Å²) in [6.07, 6.45) is 4.24. The Morgan fingerprint density at radius 2 is 2.41 bits per heavy atom. The molecule has 0 radical (unpaired) electrons. The SMILES string of the molecule is COc1cnc(C)cc1N1CCCC(CN)C1. The summed E-state index contributed by atoms with van der Waals surface area (Å²) in [5, 5.41) is 0. The third-order valence-electron chi connectivity index (χ3n) is 3.40. The van der Waals surface area contributed by atoms with Crippen LogP contribution in [0, 0.1) is 12.8 Å². The summed E-state index contributed by atoms with van der Waals surface area (Å²) in [5.41, 5.74) is 7.95. The average molecular weight is 235 g/mol. The summed E-state index contributed by atoms with van der Waals surface area (Å²) < 4.78 is 5.39. The molecule has 2 rings (SSSR count). The lowest BCUT2D eigenvalue weighted by molar-refractivity contribution is 0.397. The smallest absolute Gasteiger partial charge is 0.160 e. The van der Waals surface area contributed by atoms with E-state index in [1.807, 2.05) is 6.92 Å². The molecule has 1 aromatic heterocycles. The number of hydrogen-bond donors (Lipinski definition) is 1. The van der Waals surface area contributed by atoms with Crippen molar-refractivity contribution in [3.05, 3.63) is 18.0 Å². The lowest BCUT2D eigenvalue weighted by Gasteiger charge is -2.34. The molecule has 2 N–H and O–H groups in total. The van der Waals surface area contributed by atoms with Gasteiger partial charge in [0.15, 0.2) is 5.75 Å². The van der Waals surface area contributed by atoms with Crippen LogP contribution in [0.3, 0.4) is 0 Å². The molecule has 4 nitrogen and oxygen atoms in total. The van der Waals surface area contributed by atoms with Crippen molar-refractivity contribution in [2.75, 3.05) is 31.6 Å². The summed E-state index contributed by atoms with van der Waals surface area (Å²) in [4.78, 5) is 6.64. The molecule has 0 aromatic carbocycles. The topological polar surface area (TPSA) is 51.4 Å². The van der Waals surface area contributed by atoms with Crippen LogP contribution in [-0.4, -0.2) is 31.7 Å². The van der Waals surface area contributed by atoms with Crippen LogP contribution in [0.4, 0.5) is 5.69 Å². The number of aromatic nitrogens is 1. The molecule has 0 amide bonds. The van der Waals surface area contributed by atoms with E-state index in [0.29, 0.717) is 5.92 Å². The standard InChI is InChI=1S/C13H21N3O/c1-10-6-12(13(17-2)8-15-10)16-5-3-4-11(7-14)9-16/h6,8,11H,3-5,7,9,14H2,1-2H3. The van der Waals surface area contributed by atoms with Crippen molar-refractivity contribution >= 4 is 5.69 Å². The van der Waals surface area contributed by atoms with Gasteiger partial charge >= 0.3 is 0 Å². The highest BCUT2D eigenvalue weighted by atomic mass is 16.5. The number of anilines is 1. The second-order valence-corrected chi connectivity index (χ2v) is 4.69. The fraction of sp³-hybridized carbons (Fsp3) is 0.615. The van der Waals surface area contributed by atoms with Crippen molar-refractivity contribution in [3.8, 4) is 5.75 Å². The Morgan fingerprint density at radius 1 is 1.59 bits per heavy atom. The molecule has 0 aliphatic carbocycles. The molecular weight excluding hydrogens is 214 g/mol. The van der Waals surface area contributed by atoms with Gasteiger partial charge in [-0.1, -0.05) is 0 Å². The summed E-state index contributed by atoms with van der Waals surface area (Å²) >= 11 is 0. The van der Waals surface area contributed by atoms with E-state index in [1.54, 1.807) is 13.3 Å². The van der Waals surface area contributed by atoms with Gasteiger partial charge in [0.05, 0.1) is 19.0 Å². The predicted molar refractivity (Wildman–Crippen MR) is 69.5 cm³/mol. The van der Waals surface area contributed by atoms with E-state index in [2.05, 4.69) is 16.0 Å². The van der Waals surface area contributed by atoms with Gasteiger partial charge in [-0.05, 0) is 38.3 Å². The van der Waals surface area contributed by atoms with Crippen LogP contribution in [0.5, 0.6) is 5.75 Å². The molecule has 1 unspecified atom stereocenters. The zero-order valence-corrected chi connectivity index (χ0v) is 10.6. The van der Waals surface area contributed by atoms with E-state index in [9.17, 15) is 0 Å². The first kappa shape index (κ1) is 12.2. The van der Waals surface area contributed by atoms with Crippen molar-refractivity contribution in [2.24, 2.45) is 11.7 Å². The van der Waals surface area contributed by atoms with Crippen LogP contribution in [0.15, 0.2) is 12.3 Å². The van der Waals surface area contributed by atoms with Gasteiger partial charge in [-0.15, -0.1) is 0 Å². The minimum absolute atomic E-state index is 0.599. The number of methoxy groups -OCH3 is 1. The predicted octanol–water partition coefficient (Wildman–Crippen LogP) is 1.57. The zero-order valence-electron chi connectivity index (χ0n) is 10.6. The maximum Gasteiger partial charge on any atom is 0.160 e. The quantitative estimate of drug-likeness (QED) is 0.864. The first-order valence-corrected chi connectivity index (χ1v) is 6.20. The molecule has 94 valence electrons. The second kappa shape index (κ2) is 5.36. The second-order valence-electron chi connectivity index (χ2n) is 4.69. The summed E-state index contributed by atoms with van der Waals surface area (Å²) in [6.45, 7) is 4.88. The van der Waals surface area contributed by atoms with Crippen LogP contribution < -0.4 is 15.4 Å². The highest BCUT2D eigenvalue weighted by molar-refractivity contribution is 5.58. The Bertz CT molecular complexity index is 381. The first-order chi connectivity index (χ1) is 8.24. The fourth-order valence-corrected chi connectivity index (χ4v) is 2.41. The van der Waals surface area contributed by atoms with Gasteiger partial charge in [0, 0.05) is 18.8 Å². The third-order valence-corrected chi connectivity index (χ3v) is 3.40. The summed E-state index contributed by atoms with van der Waals surface area (Å²) in [5.74, 6) is 1.45. The van der Waals surface area contributed by atoms with Gasteiger partial charge in [-0.3, -0.25) is 4.98 Å². The Morgan fingerprint density at radius 3 is 3.12 bits per heavy atom. The summed E-state index contributed by atoms with van der Waals surface area (Å²) in [6, 6.07) is 2.09. The number of pyridine rings is 1. The lowest BCUT2D eigenvalue weighted by atomic mass is 9.98. The van der Waals surface area contributed by atoms with Crippen LogP contribution in [0.1, 0.15) is 18.5 Å². The van der Waals surface area contributed by atoms with Crippen molar-refractivity contribution in [1.82, 2.24) is 4.98 Å². The van der Waals surface area contributed by atoms with Crippen molar-refractivity contribution < 1.29 is 4.74 Å². The molecule has 0 saturated carbocycles. The van der Waals surface area contributed by atoms with Crippen LogP contribution in [0.25, 0.3) is 0 Å². The normalized spacial score (nSPS) is 20.4. The average Bonchev–Trinajstić information content (AvgIpc) is 2.39. The highest BCUT2D eigenvalue weighted by Gasteiger charge is 2.21. The minimum Gasteiger partial charge on any atom is -0.493 e. The van der Waals surface area contributed by atoms with Gasteiger partial charge in [0.1, 0.15) is 0 Å². The fourth-order valence-electron chi connectivity index (χ4n) is 2.41. The van der Waals surface area contributed by atoms with Crippen LogP contribution in [-0.2, 0) is 0 Å². The number of nitrogens with zero attached hydrogens (tertiary/aromatic N) is 2. The monoisotopic (exact) mass is 235 g/mol. The molecule has 1 atom stereocenters. The molecule has 0 spiro atoms. The maximum absolute atomic E-state index is 5.77. The van der Waals surface area contributed by atoms with Crippen molar-refractivity contribution in [3.63, 3.8) is 0 Å². The van der Waals surface area contributed by atoms with Gasteiger partial charge in [-0.25, -0.2) is 0 Å². The van der Waals surface area contributed by atoms with E-state index in [4.69, 9.17) is 10.5 Å². The van der Waals surface area contributed by atoms with Gasteiger partial charge < -0.3 is 15.4 Å². The van der Waals surface area contributed by atoms with E-state index >= 15 is 0 Å². The molecule has 1 aliphatic rings. The van der Waals surface area contributed by atoms with Crippen molar-refractivity contribution in [1.29, 1.82) is 0 Å². The van der Waals surface area contributed by atoms with E-state index in [-0.39, 0.29) is 0 Å². The lowest BCUT2D eigenvalue weighted by Crippen LogP contribution is -2.38. The summed E-state index contributed by atoms with van der Waals surface area (Å²) in [7, 11) is 1.69. The molecule has 1 fully saturated rings. The molecule has 0 bridgehead atoms. The van der Waals surface area contributed by atoms with Gasteiger partial charge in [-0.2, -0.15) is 0 Å². The third kappa shape index (κ3) is 2.69. The molecule has 2 heterocycles. The van der Waals surface area contributed by atoms with Crippen LogP contribution >= 0.6 is 0 Å². The molecule has 4 heteroatoms. The molecule has 1 aromatic rings. The minimum atomic E-state index is 0.599. The van der Waals surface area contributed by atoms with Crippen molar-refractivity contribution in [2.45, 2.75) is 19.8 Å². The number of aryl methyl sites for hydroxylation is 1. The number of piperidine rings is 1. The Balaban J connectivity index is 2.22. The van der Waals surface area contributed by atoms with Gasteiger partial charge in [0.25, 0.3) is 0 Å². The van der Waals surface area contributed by atoms with Crippen LogP contribution in [0.2, 0.25) is 0 Å². The largest absolute Gasteiger partial charge is 0.493 e. The zero-order chi connectivity index (χ0) is 12.3. The number of hydrogen-bond acceptors (Lipinski definition) is 4. The number of ether oxygens (including phenoxy) is 1. The first-order valence-electron chi connectivity index (χ1n) is 6.20. The Labute approximate surface area is 103 Å². The molecule has 17 heavy (non-hydrogen) atoms. The molecular formula is C13H21N3O. The Kier molecular flexibility index (Phi) is 3.84. The number of nitrogens with two attached hydrogens (primary N) is 1.